The summed E-state index contributed by atoms with van der Waals surface area (Å²) in [5.41, 5.74) is 3.58. The van der Waals surface area contributed by atoms with E-state index in [9.17, 15) is 23.3 Å². The zero-order valence-electron chi connectivity index (χ0n) is 19.3. The van der Waals surface area contributed by atoms with E-state index in [1.54, 1.807) is 0 Å². The van der Waals surface area contributed by atoms with Crippen LogP contribution in [0.5, 0.6) is 0 Å². The van der Waals surface area contributed by atoms with Crippen LogP contribution in [0.15, 0.2) is 88.2 Å². The van der Waals surface area contributed by atoms with Gasteiger partial charge in [-0.05, 0) is 59.7 Å². The molecule has 0 aliphatic heterocycles. The van der Waals surface area contributed by atoms with Crippen LogP contribution >= 0.6 is 15.9 Å². The number of hydrogen-bond acceptors (Lipinski definition) is 5. The molecule has 8 nitrogen and oxygen atoms in total. The molecule has 0 atom stereocenters. The highest BCUT2D eigenvalue weighted by molar-refractivity contribution is 9.10. The van der Waals surface area contributed by atoms with Gasteiger partial charge in [0.15, 0.2) is 0 Å². The lowest BCUT2D eigenvalue weighted by Crippen LogP contribution is -2.26. The van der Waals surface area contributed by atoms with E-state index < -0.39 is 20.9 Å². The SMILES string of the molecule is O=C(O)CCC/C=C(\c1ccc(CCNS(=O)(=O)c2cccc([N+](=O)[O-])c2)cc1)c1cccc(Br)c1. The average Bonchev–Trinajstić information content (AvgIpc) is 2.84. The first kappa shape index (κ1) is 27.3. The fraction of sp³-hybridized carbons (Fsp3) is 0.192. The Morgan fingerprint density at radius 1 is 1.03 bits per heavy atom. The second-order valence-corrected chi connectivity index (χ2v) is 10.7. The molecule has 10 heteroatoms. The van der Waals surface area contributed by atoms with Gasteiger partial charge in [0.2, 0.25) is 10.0 Å². The molecule has 0 saturated heterocycles. The van der Waals surface area contributed by atoms with Gasteiger partial charge >= 0.3 is 5.97 Å². The fourth-order valence-corrected chi connectivity index (χ4v) is 5.06. The zero-order chi connectivity index (χ0) is 26.1. The maximum Gasteiger partial charge on any atom is 0.303 e. The van der Waals surface area contributed by atoms with Crippen molar-refractivity contribution in [3.8, 4) is 0 Å². The topological polar surface area (TPSA) is 127 Å². The Morgan fingerprint density at radius 2 is 1.75 bits per heavy atom. The van der Waals surface area contributed by atoms with E-state index in [2.05, 4.69) is 20.7 Å². The number of nitrogens with zero attached hydrogens (tertiary/aromatic N) is 1. The number of hydrogen-bond donors (Lipinski definition) is 2. The number of aliphatic carboxylic acids is 1. The summed E-state index contributed by atoms with van der Waals surface area (Å²) < 4.78 is 28.4. The largest absolute Gasteiger partial charge is 0.481 e. The van der Waals surface area contributed by atoms with Gasteiger partial charge in [0, 0.05) is 29.6 Å². The Kier molecular flexibility index (Phi) is 9.51. The average molecular weight is 573 g/mol. The van der Waals surface area contributed by atoms with Crippen molar-refractivity contribution < 1.29 is 23.2 Å². The number of benzene rings is 3. The van der Waals surface area contributed by atoms with Crippen LogP contribution in [0.25, 0.3) is 5.57 Å². The summed E-state index contributed by atoms with van der Waals surface area (Å²) >= 11 is 3.49. The number of halogens is 1. The van der Waals surface area contributed by atoms with E-state index in [1.807, 2.05) is 54.6 Å². The summed E-state index contributed by atoms with van der Waals surface area (Å²) in [6, 6.07) is 20.5. The number of nitrogens with one attached hydrogen (secondary N) is 1. The highest BCUT2D eigenvalue weighted by Gasteiger charge is 2.17. The number of sulfonamides is 1. The van der Waals surface area contributed by atoms with Crippen molar-refractivity contribution in [2.75, 3.05) is 6.54 Å². The molecule has 0 bridgehead atoms. The van der Waals surface area contributed by atoms with Crippen LogP contribution in [0.3, 0.4) is 0 Å². The molecule has 0 unspecified atom stereocenters. The molecule has 0 spiro atoms. The molecular weight excluding hydrogens is 548 g/mol. The zero-order valence-corrected chi connectivity index (χ0v) is 21.7. The van der Waals surface area contributed by atoms with Gasteiger partial charge in [0.25, 0.3) is 5.69 Å². The maximum absolute atomic E-state index is 12.5. The number of nitro benzene ring substituents is 1. The monoisotopic (exact) mass is 572 g/mol. The molecule has 0 aliphatic carbocycles. The van der Waals surface area contributed by atoms with Gasteiger partial charge < -0.3 is 5.11 Å². The van der Waals surface area contributed by atoms with Crippen molar-refractivity contribution in [1.82, 2.24) is 4.72 Å². The Labute approximate surface area is 218 Å². The van der Waals surface area contributed by atoms with Gasteiger partial charge in [-0.25, -0.2) is 13.1 Å². The van der Waals surface area contributed by atoms with Crippen molar-refractivity contribution in [1.29, 1.82) is 0 Å². The summed E-state index contributed by atoms with van der Waals surface area (Å²) in [6.07, 6.45) is 3.73. The first-order valence-electron chi connectivity index (χ1n) is 11.2. The van der Waals surface area contributed by atoms with Crippen molar-refractivity contribution >= 4 is 43.2 Å². The van der Waals surface area contributed by atoms with Gasteiger partial charge in [0.1, 0.15) is 0 Å². The van der Waals surface area contributed by atoms with Crippen molar-refractivity contribution in [2.24, 2.45) is 0 Å². The number of carboxylic acids is 1. The van der Waals surface area contributed by atoms with Crippen LogP contribution in [0.2, 0.25) is 0 Å². The lowest BCUT2D eigenvalue weighted by atomic mass is 9.95. The number of carboxylic acid groups (broad SMARTS) is 1. The van der Waals surface area contributed by atoms with Crippen molar-refractivity contribution in [3.63, 3.8) is 0 Å². The second kappa shape index (κ2) is 12.6. The summed E-state index contributed by atoms with van der Waals surface area (Å²) in [6.45, 7) is 0.133. The van der Waals surface area contributed by atoms with Gasteiger partial charge in [-0.2, -0.15) is 0 Å². The van der Waals surface area contributed by atoms with Crippen LogP contribution in [-0.4, -0.2) is 31.0 Å². The molecule has 0 aliphatic rings. The first-order chi connectivity index (χ1) is 17.2. The molecule has 0 fully saturated rings. The van der Waals surface area contributed by atoms with Crippen LogP contribution in [0, 0.1) is 10.1 Å². The summed E-state index contributed by atoms with van der Waals surface area (Å²) in [5, 5.41) is 19.8. The highest BCUT2D eigenvalue weighted by atomic mass is 79.9. The second-order valence-electron chi connectivity index (χ2n) is 8.01. The Morgan fingerprint density at radius 3 is 2.42 bits per heavy atom. The number of nitro groups is 1. The molecule has 3 aromatic carbocycles. The number of unbranched alkanes of at least 4 members (excludes halogenated alkanes) is 1. The van der Waals surface area contributed by atoms with E-state index in [-0.39, 0.29) is 23.5 Å². The molecule has 0 amide bonds. The first-order valence-corrected chi connectivity index (χ1v) is 13.4. The summed E-state index contributed by atoms with van der Waals surface area (Å²) in [4.78, 5) is 21.0. The maximum atomic E-state index is 12.5. The number of carbonyl (C=O) groups is 1. The molecule has 0 aromatic heterocycles. The Bertz CT molecular complexity index is 1370. The van der Waals surface area contributed by atoms with E-state index >= 15 is 0 Å². The highest BCUT2D eigenvalue weighted by Crippen LogP contribution is 2.27. The molecule has 3 rings (SSSR count). The third-order valence-corrected chi connectivity index (χ3v) is 7.34. The van der Waals surface area contributed by atoms with Gasteiger partial charge in [-0.3, -0.25) is 14.9 Å². The van der Waals surface area contributed by atoms with Crippen LogP contribution in [0.4, 0.5) is 5.69 Å². The Balaban J connectivity index is 1.69. The molecule has 3 aromatic rings. The lowest BCUT2D eigenvalue weighted by Gasteiger charge is -2.11. The molecule has 188 valence electrons. The molecule has 0 radical (unpaired) electrons. The standard InChI is InChI=1S/C26H25BrN2O6S/c27-22-6-3-5-21(17-22)25(9-1-2-10-26(30)31)20-13-11-19(12-14-20)15-16-28-36(34,35)24-8-4-7-23(18-24)29(32)33/h3-9,11-14,17-18,28H,1-2,10,15-16H2,(H,30,31)/b25-9+. The third kappa shape index (κ3) is 7.84. The van der Waals surface area contributed by atoms with E-state index in [0.29, 0.717) is 19.3 Å². The quantitative estimate of drug-likeness (QED) is 0.166. The van der Waals surface area contributed by atoms with Gasteiger partial charge in [-0.15, -0.1) is 0 Å². The predicted octanol–water partition coefficient (Wildman–Crippen LogP) is 5.56. The molecule has 0 saturated carbocycles. The minimum Gasteiger partial charge on any atom is -0.481 e. The lowest BCUT2D eigenvalue weighted by molar-refractivity contribution is -0.385. The van der Waals surface area contributed by atoms with Gasteiger partial charge in [-0.1, -0.05) is 64.5 Å². The summed E-state index contributed by atoms with van der Waals surface area (Å²) in [7, 11) is -3.88. The van der Waals surface area contributed by atoms with E-state index in [0.717, 1.165) is 32.8 Å². The Hall–Kier alpha value is -3.34. The van der Waals surface area contributed by atoms with Crippen LogP contribution in [-0.2, 0) is 21.2 Å². The summed E-state index contributed by atoms with van der Waals surface area (Å²) in [5.74, 6) is -0.821. The van der Waals surface area contributed by atoms with Crippen molar-refractivity contribution in [2.45, 2.75) is 30.6 Å². The predicted molar refractivity (Wildman–Crippen MR) is 141 cm³/mol. The van der Waals surface area contributed by atoms with Gasteiger partial charge in [0.05, 0.1) is 9.82 Å². The molecule has 2 N–H and O–H groups in total. The molecular formula is C26H25BrN2O6S. The minimum absolute atomic E-state index is 0.105. The van der Waals surface area contributed by atoms with Crippen LogP contribution < -0.4 is 4.72 Å². The van der Waals surface area contributed by atoms with E-state index in [1.165, 1.54) is 18.2 Å². The number of rotatable bonds is 12. The van der Waals surface area contributed by atoms with Crippen LogP contribution in [0.1, 0.15) is 36.0 Å². The fourth-order valence-electron chi connectivity index (χ4n) is 3.59. The van der Waals surface area contributed by atoms with Crippen molar-refractivity contribution in [3.05, 3.63) is 110 Å². The number of non-ortho nitro benzene ring substituents is 1. The third-order valence-electron chi connectivity index (χ3n) is 5.39. The molecule has 36 heavy (non-hydrogen) atoms. The normalized spacial score (nSPS) is 11.9. The molecule has 0 heterocycles. The smallest absolute Gasteiger partial charge is 0.303 e. The van der Waals surface area contributed by atoms with E-state index in [4.69, 9.17) is 5.11 Å². The minimum atomic E-state index is -3.88. The number of allylic oxidation sites excluding steroid dienone is 1.